The second-order valence-electron chi connectivity index (χ2n) is 2.52. The van der Waals surface area contributed by atoms with Gasteiger partial charge < -0.3 is 23.2 Å². The Hall–Kier alpha value is -1.06. The lowest BCUT2D eigenvalue weighted by Crippen LogP contribution is -3.00. The molecular weight excluding hydrogens is 191 g/mol. The Bertz CT molecular complexity index is 294. The average Bonchev–Trinajstić information content (AvgIpc) is 2.17. The van der Waals surface area contributed by atoms with Crippen LogP contribution in [-0.4, -0.2) is 17.1 Å². The smallest absolute Gasteiger partial charge is 0.362 e. The van der Waals surface area contributed by atoms with Gasteiger partial charge in [-0.3, -0.25) is 0 Å². The van der Waals surface area contributed by atoms with Gasteiger partial charge in [-0.2, -0.15) is 0 Å². The summed E-state index contributed by atoms with van der Waals surface area (Å²) in [6.45, 7) is 0. The van der Waals surface area contributed by atoms with Gasteiger partial charge in [-0.25, -0.2) is 4.79 Å². The molecule has 0 bridgehead atoms. The number of hydrogen-bond acceptors (Lipinski definition) is 1. The molecule has 0 aromatic heterocycles. The van der Waals surface area contributed by atoms with Crippen LogP contribution in [0.2, 0.25) is 0 Å². The maximum Gasteiger partial charge on any atom is 0.362 e. The van der Waals surface area contributed by atoms with E-state index in [1.807, 2.05) is 6.07 Å². The van der Waals surface area contributed by atoms with Crippen LogP contribution in [0.25, 0.3) is 0 Å². The molecule has 1 aromatic carbocycles. The fraction of sp³-hybridized carbons (Fsp3) is 0.222. The van der Waals surface area contributed by atoms with Gasteiger partial charge in [-0.1, -0.05) is 30.3 Å². The standard InChI is InChI=1S/C9H11NO2.ClH/c10-8(9(11)12)6-7-4-2-1-3-5-7;/h1-5,8H,6,10H2,(H,11,12);1H/t8-;/m0./s1/i6D,10+1;/t6-,8-;. The fourth-order valence-electron chi connectivity index (χ4n) is 0.868. The number of halogens is 1. The Kier molecular flexibility index (Phi) is 4.29. The molecule has 0 saturated carbocycles. The van der Waals surface area contributed by atoms with Crippen LogP contribution in [0.4, 0.5) is 0 Å². The van der Waals surface area contributed by atoms with E-state index >= 15 is 0 Å². The van der Waals surface area contributed by atoms with Crippen molar-refractivity contribution in [2.45, 2.75) is 12.4 Å². The Morgan fingerprint density at radius 2 is 2.08 bits per heavy atom. The number of carboxylic acids is 1. The molecule has 0 saturated heterocycles. The fourth-order valence-corrected chi connectivity index (χ4v) is 0.868. The summed E-state index contributed by atoms with van der Waals surface area (Å²) in [7, 11) is 0. The van der Waals surface area contributed by atoms with Crippen molar-refractivity contribution in [3.05, 3.63) is 35.9 Å². The van der Waals surface area contributed by atoms with Crippen LogP contribution in [0.1, 0.15) is 6.93 Å². The number of carbonyl (C=O) groups is 1. The second kappa shape index (κ2) is 5.56. The summed E-state index contributed by atoms with van der Waals surface area (Å²) in [5.41, 5.74) is 4.11. The first-order chi connectivity index (χ1) is 6.13. The summed E-state index contributed by atoms with van der Waals surface area (Å²) in [5, 5.41) is 8.63. The summed E-state index contributed by atoms with van der Waals surface area (Å²) < 4.78 is 7.61. The van der Waals surface area contributed by atoms with E-state index in [1.165, 1.54) is 0 Å². The predicted octanol–water partition coefficient (Wildman–Crippen LogP) is -3.07. The van der Waals surface area contributed by atoms with Gasteiger partial charge in [0.25, 0.3) is 0 Å². The highest BCUT2D eigenvalue weighted by atomic mass is 35.5. The molecule has 13 heavy (non-hydrogen) atoms. The molecule has 0 aliphatic heterocycles. The Labute approximate surface area is 84.4 Å². The number of carboxylic acid groups (broad SMARTS) is 1. The van der Waals surface area contributed by atoms with Gasteiger partial charge in [-0.15, -0.1) is 0 Å². The van der Waals surface area contributed by atoms with E-state index in [1.54, 1.807) is 24.3 Å². The minimum atomic E-state index is -1.04. The number of rotatable bonds is 3. The van der Waals surface area contributed by atoms with E-state index in [4.69, 9.17) is 6.48 Å². The van der Waals surface area contributed by atoms with Crippen molar-refractivity contribution in [3.8, 4) is 0 Å². The van der Waals surface area contributed by atoms with Crippen LogP contribution in [-0.2, 0) is 11.2 Å². The van der Waals surface area contributed by atoms with Gasteiger partial charge in [-0.05, 0) is 5.56 Å². The van der Waals surface area contributed by atoms with Crippen LogP contribution in [0.15, 0.2) is 30.3 Å². The largest absolute Gasteiger partial charge is 1.00 e. The number of aliphatic carboxylic acids is 1. The topological polar surface area (TPSA) is 64.9 Å². The lowest BCUT2D eigenvalue weighted by molar-refractivity contribution is -0.407. The van der Waals surface area contributed by atoms with Crippen molar-refractivity contribution >= 4 is 5.97 Å². The lowest BCUT2D eigenvalue weighted by Gasteiger charge is -2.02. The molecule has 0 unspecified atom stereocenters. The first kappa shape index (κ1) is 10.0. The van der Waals surface area contributed by atoms with Crippen molar-refractivity contribution in [1.29, 1.82) is 0 Å². The zero-order valence-corrected chi connectivity index (χ0v) is 7.74. The summed E-state index contributed by atoms with van der Waals surface area (Å²) in [5.74, 6) is -1.04. The minimum absolute atomic E-state index is 0. The van der Waals surface area contributed by atoms with E-state index in [2.05, 4.69) is 5.73 Å². The normalized spacial score (nSPS) is 15.0. The molecule has 0 aliphatic rings. The quantitative estimate of drug-likeness (QED) is 0.512. The van der Waals surface area contributed by atoms with E-state index in [-0.39, 0.29) is 12.4 Å². The molecule has 0 fully saturated rings. The molecule has 1 aromatic rings. The van der Waals surface area contributed by atoms with Gasteiger partial charge in [0.05, 0.1) is 0 Å². The highest BCUT2D eigenvalue weighted by Gasteiger charge is 2.15. The third kappa shape index (κ3) is 3.92. The third-order valence-electron chi connectivity index (χ3n) is 1.51. The lowest BCUT2D eigenvalue weighted by atomic mass is 10.1. The van der Waals surface area contributed by atoms with Crippen molar-refractivity contribution in [2.24, 2.45) is 0 Å². The molecule has 4 heteroatoms. The first-order valence-corrected chi connectivity index (χ1v) is 3.66. The molecular formula is C9H12ClNO2. The maximum atomic E-state index is 10.5. The van der Waals surface area contributed by atoms with Crippen molar-refractivity contribution < 1.29 is 29.4 Å². The summed E-state index contributed by atoms with van der Waals surface area (Å²) in [6.07, 6.45) is -0.793. The van der Waals surface area contributed by atoms with Crippen LogP contribution in [0, 0.1) is 0 Å². The zero-order valence-electron chi connectivity index (χ0n) is 7.98. The Morgan fingerprint density at radius 1 is 1.54 bits per heavy atom. The van der Waals surface area contributed by atoms with E-state index in [9.17, 15) is 4.79 Å². The molecule has 1 rings (SSSR count). The number of hydrogen-bond donors (Lipinski definition) is 2. The highest BCUT2D eigenvalue weighted by molar-refractivity contribution is 5.71. The number of benzene rings is 1. The molecule has 2 atom stereocenters. The number of quaternary nitrogens is 1. The van der Waals surface area contributed by atoms with Crippen LogP contribution in [0.3, 0.4) is 0 Å². The average molecular weight is 204 g/mol. The highest BCUT2D eigenvalue weighted by Crippen LogP contribution is 2.00. The summed E-state index contributed by atoms with van der Waals surface area (Å²) in [6, 6.07) is 7.95. The first-order valence-electron chi connectivity index (χ1n) is 4.23. The molecule has 4 N–H and O–H groups in total. The molecule has 3 nitrogen and oxygen atoms in total. The molecule has 0 spiro atoms. The molecule has 0 heterocycles. The SMILES string of the molecule is [2H][C@@H](c1ccccc1)[C@H]([15NH3+])C(=O)O.[Cl-]. The summed E-state index contributed by atoms with van der Waals surface area (Å²) in [4.78, 5) is 10.5. The summed E-state index contributed by atoms with van der Waals surface area (Å²) >= 11 is 0. The molecule has 0 amide bonds. The minimum Gasteiger partial charge on any atom is -1.00 e. The third-order valence-corrected chi connectivity index (χ3v) is 1.51. The van der Waals surface area contributed by atoms with Crippen molar-refractivity contribution in [2.75, 3.05) is 0 Å². The molecule has 72 valence electrons. The second-order valence-corrected chi connectivity index (χ2v) is 2.52. The van der Waals surface area contributed by atoms with Gasteiger partial charge in [0.15, 0.2) is 6.04 Å². The van der Waals surface area contributed by atoms with Crippen molar-refractivity contribution in [3.63, 3.8) is 0 Å². The zero-order chi connectivity index (χ0) is 9.84. The molecule has 0 aliphatic carbocycles. The van der Waals surface area contributed by atoms with E-state index in [0.29, 0.717) is 5.56 Å². The van der Waals surface area contributed by atoms with E-state index in [0.717, 1.165) is 0 Å². The predicted molar refractivity (Wildman–Crippen MR) is 44.5 cm³/mol. The van der Waals surface area contributed by atoms with Crippen LogP contribution >= 0.6 is 0 Å². The van der Waals surface area contributed by atoms with Crippen LogP contribution < -0.4 is 18.1 Å². The monoisotopic (exact) mass is 203 g/mol. The van der Waals surface area contributed by atoms with Gasteiger partial charge in [0.1, 0.15) is 0 Å². The van der Waals surface area contributed by atoms with Crippen LogP contribution in [0.5, 0.6) is 0 Å². The maximum absolute atomic E-state index is 10.5. The van der Waals surface area contributed by atoms with Gasteiger partial charge in [0, 0.05) is 7.77 Å². The Balaban J connectivity index is 0.00000169. The van der Waals surface area contributed by atoms with E-state index < -0.39 is 18.4 Å². The Morgan fingerprint density at radius 3 is 2.54 bits per heavy atom. The molecule has 0 radical (unpaired) electrons. The van der Waals surface area contributed by atoms with Gasteiger partial charge >= 0.3 is 5.97 Å². The van der Waals surface area contributed by atoms with Crippen molar-refractivity contribution in [1.82, 2.24) is 0 Å². The van der Waals surface area contributed by atoms with Gasteiger partial charge in [0.2, 0.25) is 0 Å².